The molecule has 0 unspecified atom stereocenters. The fourth-order valence-corrected chi connectivity index (χ4v) is 5.42. The molecule has 14 heteroatoms. The van der Waals surface area contributed by atoms with Gasteiger partial charge in [-0.2, -0.15) is 0 Å². The highest BCUT2D eigenvalue weighted by atomic mass is 16.5. The van der Waals surface area contributed by atoms with Gasteiger partial charge in [0.1, 0.15) is 25.0 Å². The molecular weight excluding hydrogens is 686 g/mol. The molecule has 1 atom stereocenters. The lowest BCUT2D eigenvalue weighted by molar-refractivity contribution is -0.142. The van der Waals surface area contributed by atoms with E-state index in [1.54, 1.807) is 6.92 Å². The second-order valence-electron chi connectivity index (χ2n) is 13.6. The number of carboxylic acid groups (broad SMARTS) is 1. The first kappa shape index (κ1) is 50.1. The second kappa shape index (κ2) is 37.4. The highest BCUT2D eigenvalue weighted by molar-refractivity contribution is 5.84. The molecular formula is C39H71N3O11. The Bertz CT molecular complexity index is 980. The van der Waals surface area contributed by atoms with Gasteiger partial charge in [-0.05, 0) is 33.1 Å². The number of amides is 3. The maximum atomic E-state index is 12.3. The molecule has 0 aromatic carbocycles. The van der Waals surface area contributed by atoms with Crippen LogP contribution in [0.1, 0.15) is 142 Å². The third-order valence-corrected chi connectivity index (χ3v) is 8.40. The number of nitrogens with one attached hydrogen (secondary N) is 3. The number of ether oxygens (including phenoxy) is 4. The van der Waals surface area contributed by atoms with Gasteiger partial charge < -0.3 is 44.8 Å². The number of carbonyl (C=O) groups is 6. The number of Topliss-reactive ketones (excluding diaryl/α,β-unsaturated/α-hetero) is 2. The van der Waals surface area contributed by atoms with Gasteiger partial charge in [-0.15, -0.1) is 0 Å². The molecule has 0 spiro atoms. The molecule has 0 rings (SSSR count). The fourth-order valence-electron chi connectivity index (χ4n) is 5.42. The normalized spacial score (nSPS) is 11.6. The molecule has 14 nitrogen and oxygen atoms in total. The Balaban J connectivity index is 3.64. The van der Waals surface area contributed by atoms with Crippen LogP contribution < -0.4 is 16.0 Å². The van der Waals surface area contributed by atoms with E-state index in [0.29, 0.717) is 38.6 Å². The average Bonchev–Trinajstić information content (AvgIpc) is 3.11. The Morgan fingerprint density at radius 2 is 0.868 bits per heavy atom. The highest BCUT2D eigenvalue weighted by Crippen LogP contribution is 2.14. The second-order valence-corrected chi connectivity index (χ2v) is 13.6. The van der Waals surface area contributed by atoms with Gasteiger partial charge in [0.25, 0.3) is 0 Å². The van der Waals surface area contributed by atoms with E-state index in [1.807, 2.05) is 0 Å². The van der Waals surface area contributed by atoms with Crippen LogP contribution in [0.2, 0.25) is 0 Å². The highest BCUT2D eigenvalue weighted by Gasteiger charge is 2.20. The molecule has 0 saturated heterocycles. The van der Waals surface area contributed by atoms with Gasteiger partial charge in [0.2, 0.25) is 17.7 Å². The van der Waals surface area contributed by atoms with Crippen molar-refractivity contribution in [1.82, 2.24) is 16.0 Å². The van der Waals surface area contributed by atoms with Crippen LogP contribution in [0.15, 0.2) is 0 Å². The summed E-state index contributed by atoms with van der Waals surface area (Å²) in [6, 6.07) is -1.12. The summed E-state index contributed by atoms with van der Waals surface area (Å²) in [5, 5.41) is 17.3. The number of carboxylic acids is 1. The van der Waals surface area contributed by atoms with Crippen molar-refractivity contribution in [3.05, 3.63) is 0 Å². The molecule has 0 fully saturated rings. The lowest BCUT2D eigenvalue weighted by atomic mass is 10.0. The number of aliphatic carboxylic acids is 1. The number of hydrogen-bond acceptors (Lipinski definition) is 10. The van der Waals surface area contributed by atoms with Gasteiger partial charge in [-0.1, -0.05) is 89.9 Å². The predicted molar refractivity (Wildman–Crippen MR) is 203 cm³/mol. The smallest absolute Gasteiger partial charge is 0.326 e. The average molecular weight is 758 g/mol. The van der Waals surface area contributed by atoms with Crippen LogP contribution in [0, 0.1) is 0 Å². The summed E-state index contributed by atoms with van der Waals surface area (Å²) in [5.74, 6) is -1.85. The quantitative estimate of drug-likeness (QED) is 0.0625. The molecule has 0 heterocycles. The van der Waals surface area contributed by atoms with Crippen molar-refractivity contribution >= 4 is 35.3 Å². The summed E-state index contributed by atoms with van der Waals surface area (Å²) in [6.45, 7) is 5.18. The van der Waals surface area contributed by atoms with E-state index >= 15 is 0 Å². The van der Waals surface area contributed by atoms with Gasteiger partial charge in [0, 0.05) is 32.4 Å². The van der Waals surface area contributed by atoms with E-state index in [0.717, 1.165) is 32.1 Å². The zero-order chi connectivity index (χ0) is 39.2. The van der Waals surface area contributed by atoms with Crippen LogP contribution in [0.25, 0.3) is 0 Å². The minimum Gasteiger partial charge on any atom is -0.480 e. The molecule has 0 aliphatic heterocycles. The summed E-state index contributed by atoms with van der Waals surface area (Å²) in [5.41, 5.74) is 0. The van der Waals surface area contributed by atoms with Crippen LogP contribution in [-0.2, 0) is 47.7 Å². The van der Waals surface area contributed by atoms with Crippen LogP contribution >= 0.6 is 0 Å². The number of hydrogen-bond donors (Lipinski definition) is 4. The summed E-state index contributed by atoms with van der Waals surface area (Å²) >= 11 is 0. The van der Waals surface area contributed by atoms with E-state index in [2.05, 4.69) is 16.0 Å². The molecule has 0 saturated carbocycles. The van der Waals surface area contributed by atoms with Crippen molar-refractivity contribution in [3.8, 4) is 0 Å². The Hall–Kier alpha value is -2.94. The van der Waals surface area contributed by atoms with Gasteiger partial charge in [0.05, 0.1) is 39.6 Å². The van der Waals surface area contributed by atoms with E-state index in [1.165, 1.54) is 77.6 Å². The number of ketones is 2. The van der Waals surface area contributed by atoms with E-state index in [-0.39, 0.29) is 82.3 Å². The summed E-state index contributed by atoms with van der Waals surface area (Å²) < 4.78 is 21.0. The Labute approximate surface area is 317 Å². The van der Waals surface area contributed by atoms with E-state index < -0.39 is 12.0 Å². The van der Waals surface area contributed by atoms with Gasteiger partial charge >= 0.3 is 5.97 Å². The molecule has 0 radical (unpaired) electrons. The van der Waals surface area contributed by atoms with E-state index in [9.17, 15) is 33.9 Å². The minimum absolute atomic E-state index is 0.00544. The fraction of sp³-hybridized carbons (Fsp3) is 0.846. The van der Waals surface area contributed by atoms with Crippen molar-refractivity contribution in [3.63, 3.8) is 0 Å². The molecule has 0 aliphatic carbocycles. The van der Waals surface area contributed by atoms with E-state index in [4.69, 9.17) is 18.9 Å². The van der Waals surface area contributed by atoms with Gasteiger partial charge in [-0.3, -0.25) is 19.2 Å². The molecule has 0 aromatic heterocycles. The van der Waals surface area contributed by atoms with Crippen molar-refractivity contribution in [2.24, 2.45) is 0 Å². The third-order valence-electron chi connectivity index (χ3n) is 8.40. The van der Waals surface area contributed by atoms with Crippen LogP contribution in [0.3, 0.4) is 0 Å². The summed E-state index contributed by atoms with van der Waals surface area (Å²) in [4.78, 5) is 69.5. The lowest BCUT2D eigenvalue weighted by Gasteiger charge is -2.14. The summed E-state index contributed by atoms with van der Waals surface area (Å²) in [7, 11) is 0. The SMILES string of the molecule is CC(=O)CCCCCCCCCCCCCCCCCCC(=O)N[C@@H](CCC(=O)NCCOCCOCC(=O)NCCOCCOCC(C)=O)C(=O)O. The van der Waals surface area contributed by atoms with Crippen LogP contribution in [0.5, 0.6) is 0 Å². The summed E-state index contributed by atoms with van der Waals surface area (Å²) in [6.07, 6.45) is 19.8. The third kappa shape index (κ3) is 38.6. The molecule has 53 heavy (non-hydrogen) atoms. The zero-order valence-electron chi connectivity index (χ0n) is 32.8. The molecule has 308 valence electrons. The Morgan fingerprint density at radius 3 is 1.32 bits per heavy atom. The number of rotatable bonds is 40. The molecule has 0 aliphatic rings. The maximum absolute atomic E-state index is 12.3. The largest absolute Gasteiger partial charge is 0.480 e. The Morgan fingerprint density at radius 1 is 0.453 bits per heavy atom. The van der Waals surface area contributed by atoms with Gasteiger partial charge in [-0.25, -0.2) is 4.79 Å². The molecule has 0 bridgehead atoms. The molecule has 0 aromatic rings. The van der Waals surface area contributed by atoms with Crippen molar-refractivity contribution < 1.29 is 52.8 Å². The first-order chi connectivity index (χ1) is 25.6. The van der Waals surface area contributed by atoms with Gasteiger partial charge in [0.15, 0.2) is 5.78 Å². The first-order valence-electron chi connectivity index (χ1n) is 20.0. The number of carbonyl (C=O) groups excluding carboxylic acids is 5. The predicted octanol–water partition coefficient (Wildman–Crippen LogP) is 4.83. The molecule has 3 amide bonds. The zero-order valence-corrected chi connectivity index (χ0v) is 32.8. The Kier molecular flexibility index (Phi) is 35.3. The molecule has 4 N–H and O–H groups in total. The number of unbranched alkanes of at least 4 members (excludes halogenated alkanes) is 15. The lowest BCUT2D eigenvalue weighted by Crippen LogP contribution is -2.41. The monoisotopic (exact) mass is 758 g/mol. The minimum atomic E-state index is -1.17. The maximum Gasteiger partial charge on any atom is 0.326 e. The van der Waals surface area contributed by atoms with Crippen molar-refractivity contribution in [1.29, 1.82) is 0 Å². The van der Waals surface area contributed by atoms with Crippen LogP contribution in [-0.4, -0.2) is 112 Å². The topological polar surface area (TPSA) is 196 Å². The standard InChI is InChI=1S/C39H71N3O11/c1-33(43)19-17-15-13-11-9-7-5-3-4-6-8-10-12-14-16-18-20-37(46)42-35(39(48)49)21-22-36(45)40-23-25-50-28-30-53-32-38(47)41-24-26-51-27-29-52-31-34(2)44/h35H,3-32H2,1-2H3,(H,40,45)(H,41,47)(H,42,46)(H,48,49)/t35-/m0/s1. The first-order valence-corrected chi connectivity index (χ1v) is 20.0. The van der Waals surface area contributed by atoms with Crippen molar-refractivity contribution in [2.75, 3.05) is 65.9 Å². The van der Waals surface area contributed by atoms with Crippen LogP contribution in [0.4, 0.5) is 0 Å². The van der Waals surface area contributed by atoms with Crippen molar-refractivity contribution in [2.45, 2.75) is 148 Å².